The van der Waals surface area contributed by atoms with Crippen LogP contribution in [-0.4, -0.2) is 29.1 Å². The van der Waals surface area contributed by atoms with E-state index >= 15 is 0 Å². The van der Waals surface area contributed by atoms with Crippen molar-refractivity contribution in [2.75, 3.05) is 18.5 Å². The van der Waals surface area contributed by atoms with Gasteiger partial charge < -0.3 is 21.5 Å². The topological polar surface area (TPSA) is 100 Å². The van der Waals surface area contributed by atoms with Gasteiger partial charge in [-0.25, -0.2) is 4.98 Å². The Morgan fingerprint density at radius 1 is 1.43 bits per heavy atom. The van der Waals surface area contributed by atoms with Gasteiger partial charge in [-0.1, -0.05) is 0 Å². The van der Waals surface area contributed by atoms with Gasteiger partial charge in [0.25, 0.3) is 5.91 Å². The van der Waals surface area contributed by atoms with E-state index in [0.717, 1.165) is 16.5 Å². The molecule has 0 saturated carbocycles. The minimum absolute atomic E-state index is 0.0721. The highest BCUT2D eigenvalue weighted by molar-refractivity contribution is 7.13. The number of aliphatic hydroxyl groups is 1. The molecule has 112 valence electrons. The second-order valence-corrected chi connectivity index (χ2v) is 5.41. The van der Waals surface area contributed by atoms with Crippen molar-refractivity contribution in [2.45, 2.75) is 13.0 Å². The molecule has 7 heteroatoms. The smallest absolute Gasteiger partial charge is 0.251 e. The summed E-state index contributed by atoms with van der Waals surface area (Å²) in [5, 5.41) is 17.1. The number of nitrogens with one attached hydrogen (secondary N) is 2. The maximum atomic E-state index is 11.7. The van der Waals surface area contributed by atoms with Crippen LogP contribution in [0, 0.1) is 0 Å². The van der Waals surface area contributed by atoms with E-state index in [-0.39, 0.29) is 25.1 Å². The molecule has 0 aliphatic heterocycles. The minimum atomic E-state index is -0.205. The number of carbonyl (C=O) groups is 1. The number of hydrogen-bond acceptors (Lipinski definition) is 6. The highest BCUT2D eigenvalue weighted by Crippen LogP contribution is 2.23. The highest BCUT2D eigenvalue weighted by Gasteiger charge is 2.07. The number of aliphatic hydroxyl groups excluding tert-OH is 1. The van der Waals surface area contributed by atoms with E-state index in [9.17, 15) is 4.79 Å². The van der Waals surface area contributed by atoms with E-state index in [1.165, 1.54) is 11.3 Å². The van der Waals surface area contributed by atoms with Gasteiger partial charge in [0.05, 0.1) is 12.3 Å². The van der Waals surface area contributed by atoms with E-state index in [0.29, 0.717) is 5.56 Å². The van der Waals surface area contributed by atoms with Crippen LogP contribution in [0.3, 0.4) is 0 Å². The maximum Gasteiger partial charge on any atom is 0.251 e. The third kappa shape index (κ3) is 4.25. The quantitative estimate of drug-likeness (QED) is 0.650. The van der Waals surface area contributed by atoms with Gasteiger partial charge in [0.1, 0.15) is 0 Å². The van der Waals surface area contributed by atoms with Crippen molar-refractivity contribution in [2.24, 2.45) is 5.73 Å². The number of benzene rings is 1. The normalized spacial score (nSPS) is 12.0. The van der Waals surface area contributed by atoms with Crippen LogP contribution in [-0.2, 0) is 0 Å². The lowest BCUT2D eigenvalue weighted by molar-refractivity contribution is 0.0945. The molecule has 0 spiro atoms. The summed E-state index contributed by atoms with van der Waals surface area (Å²) in [6.45, 7) is 2.06. The molecule has 1 heterocycles. The van der Waals surface area contributed by atoms with Gasteiger partial charge in [0.2, 0.25) is 0 Å². The third-order valence-electron chi connectivity index (χ3n) is 2.78. The molecule has 21 heavy (non-hydrogen) atoms. The van der Waals surface area contributed by atoms with Gasteiger partial charge in [-0.05, 0) is 31.2 Å². The fourth-order valence-electron chi connectivity index (χ4n) is 1.65. The van der Waals surface area contributed by atoms with Crippen LogP contribution in [0.25, 0.3) is 0 Å². The maximum absolute atomic E-state index is 11.7. The molecule has 0 aliphatic rings. The van der Waals surface area contributed by atoms with Crippen LogP contribution in [0.1, 0.15) is 29.0 Å². The number of nitrogens with two attached hydrogens (primary N) is 1. The molecule has 2 rings (SSSR count). The van der Waals surface area contributed by atoms with Crippen LogP contribution in [0.4, 0.5) is 10.8 Å². The van der Waals surface area contributed by atoms with Crippen LogP contribution in [0.15, 0.2) is 29.6 Å². The number of anilines is 2. The van der Waals surface area contributed by atoms with Crippen molar-refractivity contribution in [1.82, 2.24) is 10.3 Å². The van der Waals surface area contributed by atoms with Gasteiger partial charge in [-0.15, -0.1) is 11.3 Å². The molecule has 1 aromatic heterocycles. The monoisotopic (exact) mass is 306 g/mol. The Labute approximate surface area is 127 Å². The average Bonchev–Trinajstić information content (AvgIpc) is 2.94. The average molecular weight is 306 g/mol. The molecule has 0 bridgehead atoms. The molecule has 6 nitrogen and oxygen atoms in total. The molecule has 2 aromatic rings. The second kappa shape index (κ2) is 7.16. The van der Waals surface area contributed by atoms with Gasteiger partial charge in [0, 0.05) is 29.2 Å². The van der Waals surface area contributed by atoms with Crippen LogP contribution in [0.2, 0.25) is 0 Å². The first-order chi connectivity index (χ1) is 10.1. The summed E-state index contributed by atoms with van der Waals surface area (Å²) in [7, 11) is 0. The lowest BCUT2D eigenvalue weighted by Crippen LogP contribution is -2.26. The van der Waals surface area contributed by atoms with Crippen LogP contribution < -0.4 is 16.4 Å². The Morgan fingerprint density at radius 3 is 2.71 bits per heavy atom. The number of carbonyl (C=O) groups excluding carboxylic acids is 1. The Kier molecular flexibility index (Phi) is 5.26. The molecule has 0 fully saturated rings. The number of thiazole rings is 1. The summed E-state index contributed by atoms with van der Waals surface area (Å²) in [6.07, 6.45) is 0. The van der Waals surface area contributed by atoms with Crippen molar-refractivity contribution in [3.63, 3.8) is 0 Å². The van der Waals surface area contributed by atoms with E-state index in [1.54, 1.807) is 24.3 Å². The van der Waals surface area contributed by atoms with Crippen LogP contribution >= 0.6 is 11.3 Å². The van der Waals surface area contributed by atoms with Crippen molar-refractivity contribution < 1.29 is 9.90 Å². The Bertz CT molecular complexity index is 595. The first kappa shape index (κ1) is 15.4. The lowest BCUT2D eigenvalue weighted by atomic mass is 10.2. The summed E-state index contributed by atoms with van der Waals surface area (Å²) >= 11 is 1.49. The number of hydrogen-bond donors (Lipinski definition) is 4. The van der Waals surface area contributed by atoms with Gasteiger partial charge in [-0.3, -0.25) is 4.79 Å². The molecule has 0 aliphatic carbocycles. The van der Waals surface area contributed by atoms with E-state index in [4.69, 9.17) is 10.8 Å². The molecule has 5 N–H and O–H groups in total. The Morgan fingerprint density at radius 2 is 2.14 bits per heavy atom. The van der Waals surface area contributed by atoms with E-state index in [1.807, 2.05) is 12.3 Å². The Balaban J connectivity index is 2.00. The minimum Gasteiger partial charge on any atom is -0.395 e. The van der Waals surface area contributed by atoms with Crippen LogP contribution in [0.5, 0.6) is 0 Å². The molecular weight excluding hydrogens is 288 g/mol. The van der Waals surface area contributed by atoms with Gasteiger partial charge >= 0.3 is 0 Å². The highest BCUT2D eigenvalue weighted by atomic mass is 32.1. The molecular formula is C14H18N4O2S. The summed E-state index contributed by atoms with van der Waals surface area (Å²) < 4.78 is 0. The lowest BCUT2D eigenvalue weighted by Gasteiger charge is -2.06. The molecule has 1 amide bonds. The third-order valence-corrected chi connectivity index (χ3v) is 3.56. The zero-order valence-corrected chi connectivity index (χ0v) is 12.5. The van der Waals surface area contributed by atoms with Gasteiger partial charge in [-0.2, -0.15) is 0 Å². The zero-order valence-electron chi connectivity index (χ0n) is 11.7. The SMILES string of the molecule is CC(N)c1csc(Nc2ccc(C(=O)NCCO)cc2)n1. The predicted octanol–water partition coefficient (Wildman–Crippen LogP) is 1.63. The standard InChI is InChI=1S/C14H18N4O2S/c1-9(15)12-8-21-14(18-12)17-11-4-2-10(3-5-11)13(20)16-6-7-19/h2-5,8-9,19H,6-7,15H2,1H3,(H,16,20)(H,17,18). The molecule has 0 radical (unpaired) electrons. The van der Waals surface area contributed by atoms with E-state index in [2.05, 4.69) is 15.6 Å². The van der Waals surface area contributed by atoms with Crippen molar-refractivity contribution >= 4 is 28.1 Å². The van der Waals surface area contributed by atoms with E-state index < -0.39 is 0 Å². The first-order valence-electron chi connectivity index (χ1n) is 6.57. The number of nitrogens with zero attached hydrogens (tertiary/aromatic N) is 1. The number of rotatable bonds is 6. The predicted molar refractivity (Wildman–Crippen MR) is 83.9 cm³/mol. The molecule has 1 atom stereocenters. The zero-order chi connectivity index (χ0) is 15.2. The second-order valence-electron chi connectivity index (χ2n) is 4.55. The summed E-state index contributed by atoms with van der Waals surface area (Å²) in [6, 6.07) is 6.96. The van der Waals surface area contributed by atoms with Crippen molar-refractivity contribution in [3.8, 4) is 0 Å². The summed E-state index contributed by atoms with van der Waals surface area (Å²) in [5.41, 5.74) is 8.01. The van der Waals surface area contributed by atoms with Gasteiger partial charge in [0.15, 0.2) is 5.13 Å². The summed E-state index contributed by atoms with van der Waals surface area (Å²) in [4.78, 5) is 16.1. The fourth-order valence-corrected chi connectivity index (χ4v) is 2.49. The molecule has 0 saturated heterocycles. The fraction of sp³-hybridized carbons (Fsp3) is 0.286. The van der Waals surface area contributed by atoms with Crippen molar-refractivity contribution in [3.05, 3.63) is 40.9 Å². The molecule has 1 unspecified atom stereocenters. The molecule has 1 aromatic carbocycles. The first-order valence-corrected chi connectivity index (χ1v) is 7.45. The Hall–Kier alpha value is -1.96. The largest absolute Gasteiger partial charge is 0.395 e. The number of aromatic nitrogens is 1. The number of amides is 1. The van der Waals surface area contributed by atoms with Crippen molar-refractivity contribution in [1.29, 1.82) is 0 Å². The summed E-state index contributed by atoms with van der Waals surface area (Å²) in [5.74, 6) is -0.205.